The first-order valence-corrected chi connectivity index (χ1v) is 6.97. The summed E-state index contributed by atoms with van der Waals surface area (Å²) in [6.45, 7) is 2.99. The third kappa shape index (κ3) is 2.60. The van der Waals surface area contributed by atoms with Gasteiger partial charge >= 0.3 is 0 Å². The average Bonchev–Trinajstić information content (AvgIpc) is 2.81. The van der Waals surface area contributed by atoms with Crippen LogP contribution in [0, 0.1) is 0 Å². The molecule has 0 spiro atoms. The molecule has 96 valence electrons. The molecule has 0 bridgehead atoms. The van der Waals surface area contributed by atoms with Crippen molar-refractivity contribution >= 4 is 27.5 Å². The van der Waals surface area contributed by atoms with Gasteiger partial charge in [0.15, 0.2) is 0 Å². The van der Waals surface area contributed by atoms with Crippen LogP contribution in [-0.2, 0) is 6.54 Å². The van der Waals surface area contributed by atoms with E-state index in [2.05, 4.69) is 37.7 Å². The van der Waals surface area contributed by atoms with Crippen molar-refractivity contribution in [1.29, 1.82) is 0 Å². The summed E-state index contributed by atoms with van der Waals surface area (Å²) in [5, 5.41) is 4.00. The van der Waals surface area contributed by atoms with E-state index in [4.69, 9.17) is 11.6 Å². The molecule has 1 atom stereocenters. The van der Waals surface area contributed by atoms with Crippen molar-refractivity contribution in [3.05, 3.63) is 51.5 Å². The smallest absolute Gasteiger partial charge is 0.130 e. The minimum Gasteiger partial charge on any atom is -0.334 e. The number of hydrogen-bond acceptors (Lipinski definition) is 2. The summed E-state index contributed by atoms with van der Waals surface area (Å²) in [6.07, 6.45) is 3.79. The fraction of sp³-hybridized carbons (Fsp3) is 0.308. The van der Waals surface area contributed by atoms with Crippen molar-refractivity contribution in [2.45, 2.75) is 19.5 Å². The number of halogens is 2. The molecular formula is C13H15BrClN3. The first kappa shape index (κ1) is 13.6. The lowest BCUT2D eigenvalue weighted by atomic mass is 10.1. The highest BCUT2D eigenvalue weighted by molar-refractivity contribution is 9.10. The molecule has 0 radical (unpaired) electrons. The number of benzene rings is 1. The molecule has 0 aliphatic heterocycles. The highest BCUT2D eigenvalue weighted by Crippen LogP contribution is 2.29. The predicted octanol–water partition coefficient (Wildman–Crippen LogP) is 3.63. The van der Waals surface area contributed by atoms with E-state index in [0.717, 1.165) is 27.4 Å². The molecule has 1 N–H and O–H groups in total. The maximum atomic E-state index is 6.31. The minimum absolute atomic E-state index is 0.000509. The van der Waals surface area contributed by atoms with Gasteiger partial charge in [0.05, 0.1) is 6.04 Å². The van der Waals surface area contributed by atoms with Gasteiger partial charge < -0.3 is 9.88 Å². The second-order valence-electron chi connectivity index (χ2n) is 3.96. The fourth-order valence-electron chi connectivity index (χ4n) is 2.01. The molecule has 0 aliphatic carbocycles. The van der Waals surface area contributed by atoms with Gasteiger partial charge in [0.25, 0.3) is 0 Å². The number of nitrogens with zero attached hydrogens (tertiary/aromatic N) is 2. The van der Waals surface area contributed by atoms with Crippen molar-refractivity contribution in [2.75, 3.05) is 7.05 Å². The van der Waals surface area contributed by atoms with Gasteiger partial charge in [-0.15, -0.1) is 0 Å². The Bertz CT molecular complexity index is 539. The van der Waals surface area contributed by atoms with Gasteiger partial charge in [-0.25, -0.2) is 4.98 Å². The van der Waals surface area contributed by atoms with Crippen molar-refractivity contribution in [2.24, 2.45) is 0 Å². The average molecular weight is 329 g/mol. The van der Waals surface area contributed by atoms with E-state index in [0.29, 0.717) is 0 Å². The lowest BCUT2D eigenvalue weighted by molar-refractivity contribution is 0.590. The van der Waals surface area contributed by atoms with E-state index in [9.17, 15) is 0 Å². The lowest BCUT2D eigenvalue weighted by Crippen LogP contribution is -2.22. The molecule has 0 fully saturated rings. The first-order chi connectivity index (χ1) is 8.67. The van der Waals surface area contributed by atoms with Crippen LogP contribution in [0.2, 0.25) is 5.02 Å². The molecule has 1 aromatic heterocycles. The molecule has 0 saturated carbocycles. The molecule has 1 aromatic carbocycles. The summed E-state index contributed by atoms with van der Waals surface area (Å²) in [4.78, 5) is 4.43. The second kappa shape index (κ2) is 5.87. The van der Waals surface area contributed by atoms with Gasteiger partial charge in [0, 0.05) is 28.4 Å². The summed E-state index contributed by atoms with van der Waals surface area (Å²) in [5.74, 6) is 0.976. The summed E-state index contributed by atoms with van der Waals surface area (Å²) >= 11 is 9.73. The number of hydrogen-bond donors (Lipinski definition) is 1. The number of imidazole rings is 1. The first-order valence-electron chi connectivity index (χ1n) is 5.80. The standard InChI is InChI=1S/C13H15BrClN3/c1-3-18-7-6-17-13(18)12(16-2)10-5-4-9(14)8-11(10)15/h4-8,12,16H,3H2,1-2H3. The van der Waals surface area contributed by atoms with Crippen molar-refractivity contribution in [1.82, 2.24) is 14.9 Å². The van der Waals surface area contributed by atoms with Crippen LogP contribution in [0.3, 0.4) is 0 Å². The zero-order chi connectivity index (χ0) is 13.1. The lowest BCUT2D eigenvalue weighted by Gasteiger charge is -2.18. The van der Waals surface area contributed by atoms with Crippen LogP contribution in [0.4, 0.5) is 0 Å². The Morgan fingerprint density at radius 3 is 2.89 bits per heavy atom. The molecule has 0 saturated heterocycles. The molecule has 3 nitrogen and oxygen atoms in total. The molecule has 2 rings (SSSR count). The molecule has 1 unspecified atom stereocenters. The molecule has 1 heterocycles. The van der Waals surface area contributed by atoms with Crippen molar-refractivity contribution in [3.63, 3.8) is 0 Å². The Hall–Kier alpha value is -0.840. The highest BCUT2D eigenvalue weighted by Gasteiger charge is 2.19. The van der Waals surface area contributed by atoms with Crippen molar-refractivity contribution < 1.29 is 0 Å². The molecule has 0 amide bonds. The molecule has 2 aromatic rings. The van der Waals surface area contributed by atoms with Gasteiger partial charge in [-0.2, -0.15) is 0 Å². The van der Waals surface area contributed by atoms with Gasteiger partial charge in [-0.1, -0.05) is 33.6 Å². The highest BCUT2D eigenvalue weighted by atomic mass is 79.9. The molecule has 18 heavy (non-hydrogen) atoms. The summed E-state index contributed by atoms with van der Waals surface area (Å²) in [6, 6.07) is 5.91. The van der Waals surface area contributed by atoms with E-state index in [1.807, 2.05) is 37.6 Å². The van der Waals surface area contributed by atoms with Crippen LogP contribution < -0.4 is 5.32 Å². The maximum absolute atomic E-state index is 6.31. The molecule has 5 heteroatoms. The Kier molecular flexibility index (Phi) is 4.43. The van der Waals surface area contributed by atoms with E-state index in [1.54, 1.807) is 0 Å². The zero-order valence-corrected chi connectivity index (χ0v) is 12.7. The molecular weight excluding hydrogens is 314 g/mol. The Balaban J connectivity index is 2.45. The minimum atomic E-state index is 0.000509. The fourth-order valence-corrected chi connectivity index (χ4v) is 2.79. The summed E-state index contributed by atoms with van der Waals surface area (Å²) in [5.41, 5.74) is 1.03. The Morgan fingerprint density at radius 2 is 2.28 bits per heavy atom. The predicted molar refractivity (Wildman–Crippen MR) is 78.0 cm³/mol. The maximum Gasteiger partial charge on any atom is 0.130 e. The Labute approximate surface area is 120 Å². The topological polar surface area (TPSA) is 29.9 Å². The van der Waals surface area contributed by atoms with Gasteiger partial charge in [-0.05, 0) is 31.7 Å². The third-order valence-electron chi connectivity index (χ3n) is 2.91. The number of aromatic nitrogens is 2. The van der Waals surface area contributed by atoms with E-state index in [1.165, 1.54) is 0 Å². The van der Waals surface area contributed by atoms with Crippen LogP contribution >= 0.6 is 27.5 Å². The Morgan fingerprint density at radius 1 is 1.50 bits per heavy atom. The van der Waals surface area contributed by atoms with Crippen LogP contribution in [0.25, 0.3) is 0 Å². The number of nitrogens with one attached hydrogen (secondary N) is 1. The summed E-state index contributed by atoms with van der Waals surface area (Å²) < 4.78 is 3.09. The van der Waals surface area contributed by atoms with Gasteiger partial charge in [0.1, 0.15) is 5.82 Å². The number of rotatable bonds is 4. The van der Waals surface area contributed by atoms with Crippen LogP contribution in [0.15, 0.2) is 35.1 Å². The normalized spacial score (nSPS) is 12.7. The van der Waals surface area contributed by atoms with Crippen molar-refractivity contribution in [3.8, 4) is 0 Å². The zero-order valence-electron chi connectivity index (χ0n) is 10.3. The van der Waals surface area contributed by atoms with Crippen LogP contribution in [0.1, 0.15) is 24.4 Å². The van der Waals surface area contributed by atoms with E-state index in [-0.39, 0.29) is 6.04 Å². The summed E-state index contributed by atoms with van der Waals surface area (Å²) in [7, 11) is 1.91. The molecule has 0 aliphatic rings. The van der Waals surface area contributed by atoms with E-state index < -0.39 is 0 Å². The van der Waals surface area contributed by atoms with Gasteiger partial charge in [0.2, 0.25) is 0 Å². The van der Waals surface area contributed by atoms with Crippen LogP contribution in [0.5, 0.6) is 0 Å². The quantitative estimate of drug-likeness (QED) is 0.929. The monoisotopic (exact) mass is 327 g/mol. The second-order valence-corrected chi connectivity index (χ2v) is 5.28. The third-order valence-corrected chi connectivity index (χ3v) is 3.73. The SMILES string of the molecule is CCn1ccnc1C(NC)c1ccc(Br)cc1Cl. The number of aryl methyl sites for hydroxylation is 1. The van der Waals surface area contributed by atoms with Crippen LogP contribution in [-0.4, -0.2) is 16.6 Å². The largest absolute Gasteiger partial charge is 0.334 e. The van der Waals surface area contributed by atoms with Gasteiger partial charge in [-0.3, -0.25) is 0 Å². The van der Waals surface area contributed by atoms with E-state index >= 15 is 0 Å².